The maximum absolute atomic E-state index is 11.2. The fraction of sp³-hybridized carbons (Fsp3) is 0.588. The molecule has 1 amide bonds. The van der Waals surface area contributed by atoms with Crippen LogP contribution in [0.4, 0.5) is 11.4 Å². The highest BCUT2D eigenvalue weighted by Crippen LogP contribution is 2.26. The minimum absolute atomic E-state index is 0.441. The summed E-state index contributed by atoms with van der Waals surface area (Å²) in [6.45, 7) is 10.8. The number of rotatable bonds is 8. The normalized spacial score (nSPS) is 11.1. The van der Waals surface area contributed by atoms with Gasteiger partial charge in [0, 0.05) is 18.7 Å². The summed E-state index contributed by atoms with van der Waals surface area (Å²) in [5.74, 6) is 0.861. The van der Waals surface area contributed by atoms with Crippen molar-refractivity contribution in [1.29, 1.82) is 0 Å². The molecule has 1 aromatic carbocycles. The Morgan fingerprint density at radius 1 is 1.10 bits per heavy atom. The molecule has 118 valence electrons. The highest BCUT2D eigenvalue weighted by Gasteiger charge is 2.13. The van der Waals surface area contributed by atoms with Gasteiger partial charge in [0.15, 0.2) is 0 Å². The van der Waals surface area contributed by atoms with E-state index in [4.69, 9.17) is 11.5 Å². The summed E-state index contributed by atoms with van der Waals surface area (Å²) in [6.07, 6.45) is 2.24. The van der Waals surface area contributed by atoms with Crippen molar-refractivity contribution >= 4 is 17.3 Å². The SMILES string of the molecule is CC(C)CCN(CCC(C)C)c1ccc(C(N)=O)cc1N. The fourth-order valence-corrected chi connectivity index (χ4v) is 2.18. The first-order valence-electron chi connectivity index (χ1n) is 7.75. The summed E-state index contributed by atoms with van der Waals surface area (Å²) in [5, 5.41) is 0. The monoisotopic (exact) mass is 291 g/mol. The second-order valence-corrected chi connectivity index (χ2v) is 6.49. The van der Waals surface area contributed by atoms with Crippen molar-refractivity contribution in [2.75, 3.05) is 23.7 Å². The van der Waals surface area contributed by atoms with Crippen LogP contribution in [0.2, 0.25) is 0 Å². The molecule has 4 N–H and O–H groups in total. The average molecular weight is 291 g/mol. The number of anilines is 2. The van der Waals surface area contributed by atoms with E-state index in [0.717, 1.165) is 31.6 Å². The summed E-state index contributed by atoms with van der Waals surface area (Å²) in [4.78, 5) is 13.5. The molecule has 0 fully saturated rings. The van der Waals surface area contributed by atoms with Crippen molar-refractivity contribution in [2.45, 2.75) is 40.5 Å². The molecule has 4 nitrogen and oxygen atoms in total. The van der Waals surface area contributed by atoms with Crippen LogP contribution in [-0.4, -0.2) is 19.0 Å². The Hall–Kier alpha value is -1.71. The van der Waals surface area contributed by atoms with Gasteiger partial charge in [-0.25, -0.2) is 0 Å². The number of nitrogens with two attached hydrogens (primary N) is 2. The number of primary amides is 1. The van der Waals surface area contributed by atoms with Crippen LogP contribution in [0.15, 0.2) is 18.2 Å². The molecule has 0 aliphatic rings. The third-order valence-electron chi connectivity index (χ3n) is 3.61. The van der Waals surface area contributed by atoms with E-state index >= 15 is 0 Å². The smallest absolute Gasteiger partial charge is 0.248 e. The highest BCUT2D eigenvalue weighted by molar-refractivity contribution is 5.94. The van der Waals surface area contributed by atoms with E-state index in [2.05, 4.69) is 32.6 Å². The van der Waals surface area contributed by atoms with Crippen LogP contribution in [0.5, 0.6) is 0 Å². The standard InChI is InChI=1S/C17H29N3O/c1-12(2)7-9-20(10-8-13(3)4)16-6-5-14(17(19)21)11-15(16)18/h5-6,11-13H,7-10,18H2,1-4H3,(H2,19,21). The molecule has 0 saturated heterocycles. The van der Waals surface area contributed by atoms with Gasteiger partial charge in [0.05, 0.1) is 11.4 Å². The number of hydrogen-bond donors (Lipinski definition) is 2. The molecular weight excluding hydrogens is 262 g/mol. The summed E-state index contributed by atoms with van der Waals surface area (Å²) < 4.78 is 0. The van der Waals surface area contributed by atoms with E-state index in [-0.39, 0.29) is 0 Å². The minimum atomic E-state index is -0.441. The van der Waals surface area contributed by atoms with E-state index in [1.165, 1.54) is 0 Å². The van der Waals surface area contributed by atoms with Crippen LogP contribution in [0.1, 0.15) is 50.9 Å². The van der Waals surface area contributed by atoms with Gasteiger partial charge >= 0.3 is 0 Å². The van der Waals surface area contributed by atoms with Crippen molar-refractivity contribution in [1.82, 2.24) is 0 Å². The van der Waals surface area contributed by atoms with Crippen LogP contribution >= 0.6 is 0 Å². The van der Waals surface area contributed by atoms with Gasteiger partial charge in [0.1, 0.15) is 0 Å². The summed E-state index contributed by atoms with van der Waals surface area (Å²) >= 11 is 0. The van der Waals surface area contributed by atoms with Crippen LogP contribution in [0, 0.1) is 11.8 Å². The Balaban J connectivity index is 2.92. The Labute approximate surface area is 128 Å². The lowest BCUT2D eigenvalue weighted by Gasteiger charge is -2.28. The molecule has 1 rings (SSSR count). The van der Waals surface area contributed by atoms with Gasteiger partial charge in [0.25, 0.3) is 0 Å². The number of carbonyl (C=O) groups excluding carboxylic acids is 1. The average Bonchev–Trinajstić information content (AvgIpc) is 2.38. The Morgan fingerprint density at radius 3 is 2.00 bits per heavy atom. The van der Waals surface area contributed by atoms with Gasteiger partial charge in [-0.05, 0) is 42.9 Å². The van der Waals surface area contributed by atoms with E-state index < -0.39 is 5.91 Å². The first-order chi connectivity index (χ1) is 9.81. The summed E-state index contributed by atoms with van der Waals surface area (Å²) in [7, 11) is 0. The molecule has 1 aromatic rings. The number of nitrogen functional groups attached to an aromatic ring is 1. The molecule has 0 aliphatic heterocycles. The molecule has 0 saturated carbocycles. The number of amides is 1. The molecule has 0 bridgehead atoms. The van der Waals surface area contributed by atoms with Gasteiger partial charge in [-0.1, -0.05) is 27.7 Å². The van der Waals surface area contributed by atoms with Gasteiger partial charge in [-0.3, -0.25) is 4.79 Å². The van der Waals surface area contributed by atoms with E-state index in [1.807, 2.05) is 6.07 Å². The minimum Gasteiger partial charge on any atom is -0.397 e. The second-order valence-electron chi connectivity index (χ2n) is 6.49. The van der Waals surface area contributed by atoms with Crippen molar-refractivity contribution in [3.63, 3.8) is 0 Å². The molecule has 0 unspecified atom stereocenters. The highest BCUT2D eigenvalue weighted by atomic mass is 16.1. The Bertz CT molecular complexity index is 457. The van der Waals surface area contributed by atoms with Gasteiger partial charge in [-0.2, -0.15) is 0 Å². The van der Waals surface area contributed by atoms with Gasteiger partial charge in [0.2, 0.25) is 5.91 Å². The van der Waals surface area contributed by atoms with Gasteiger partial charge in [-0.15, -0.1) is 0 Å². The third-order valence-corrected chi connectivity index (χ3v) is 3.61. The first kappa shape index (κ1) is 17.3. The van der Waals surface area contributed by atoms with Crippen LogP contribution in [0.25, 0.3) is 0 Å². The lowest BCUT2D eigenvalue weighted by molar-refractivity contribution is 0.100. The lowest BCUT2D eigenvalue weighted by atomic mass is 10.1. The molecule has 0 spiro atoms. The third kappa shape index (κ3) is 5.66. The van der Waals surface area contributed by atoms with E-state index in [0.29, 0.717) is 23.1 Å². The summed E-state index contributed by atoms with van der Waals surface area (Å²) in [6, 6.07) is 5.34. The maximum atomic E-state index is 11.2. The molecule has 0 heterocycles. The zero-order valence-electron chi connectivity index (χ0n) is 13.7. The van der Waals surface area contributed by atoms with Gasteiger partial charge < -0.3 is 16.4 Å². The molecule has 0 radical (unpaired) electrons. The van der Waals surface area contributed by atoms with Crippen molar-refractivity contribution in [3.05, 3.63) is 23.8 Å². The van der Waals surface area contributed by atoms with Crippen molar-refractivity contribution in [2.24, 2.45) is 17.6 Å². The summed E-state index contributed by atoms with van der Waals surface area (Å²) in [5.41, 5.74) is 13.5. The lowest BCUT2D eigenvalue weighted by Crippen LogP contribution is -2.28. The predicted octanol–water partition coefficient (Wildman–Crippen LogP) is 3.27. The first-order valence-corrected chi connectivity index (χ1v) is 7.75. The van der Waals surface area contributed by atoms with E-state index in [1.54, 1.807) is 12.1 Å². The van der Waals surface area contributed by atoms with E-state index in [9.17, 15) is 4.79 Å². The molecule has 0 atom stereocenters. The fourth-order valence-electron chi connectivity index (χ4n) is 2.18. The van der Waals surface area contributed by atoms with Crippen LogP contribution < -0.4 is 16.4 Å². The van der Waals surface area contributed by atoms with Crippen molar-refractivity contribution < 1.29 is 4.79 Å². The number of hydrogen-bond acceptors (Lipinski definition) is 3. The largest absolute Gasteiger partial charge is 0.397 e. The number of carbonyl (C=O) groups is 1. The Kier molecular flexibility index (Phi) is 6.53. The second kappa shape index (κ2) is 7.91. The molecule has 0 aliphatic carbocycles. The van der Waals surface area contributed by atoms with Crippen molar-refractivity contribution in [3.8, 4) is 0 Å². The van der Waals surface area contributed by atoms with Crippen LogP contribution in [0.3, 0.4) is 0 Å². The predicted molar refractivity (Wildman–Crippen MR) is 90.5 cm³/mol. The van der Waals surface area contributed by atoms with Crippen LogP contribution in [-0.2, 0) is 0 Å². The number of nitrogens with zero attached hydrogens (tertiary/aromatic N) is 1. The topological polar surface area (TPSA) is 72.3 Å². The quantitative estimate of drug-likeness (QED) is 0.722. The number of benzene rings is 1. The molecule has 4 heteroatoms. The maximum Gasteiger partial charge on any atom is 0.248 e. The zero-order valence-corrected chi connectivity index (χ0v) is 13.7. The Morgan fingerprint density at radius 2 is 1.62 bits per heavy atom. The molecule has 21 heavy (non-hydrogen) atoms. The molecule has 0 aromatic heterocycles. The molecular formula is C17H29N3O. The zero-order chi connectivity index (χ0) is 16.0.